The molecule has 3 nitrogen and oxygen atoms in total. The SMILES string of the molecule is N[C@@H](c1cccnc1F)C1CCNCC1. The van der Waals surface area contributed by atoms with Gasteiger partial charge in [0.05, 0.1) is 0 Å². The molecule has 1 aromatic heterocycles. The summed E-state index contributed by atoms with van der Waals surface area (Å²) in [5.74, 6) is -0.0616. The smallest absolute Gasteiger partial charge is 0.217 e. The van der Waals surface area contributed by atoms with E-state index >= 15 is 0 Å². The molecule has 0 bridgehead atoms. The Morgan fingerprint density at radius 1 is 1.47 bits per heavy atom. The van der Waals surface area contributed by atoms with Crippen LogP contribution in [0, 0.1) is 11.9 Å². The molecule has 1 fully saturated rings. The maximum absolute atomic E-state index is 13.4. The first-order valence-electron chi connectivity index (χ1n) is 5.36. The van der Waals surface area contributed by atoms with Gasteiger partial charge in [-0.3, -0.25) is 0 Å². The van der Waals surface area contributed by atoms with Crippen LogP contribution in [0.25, 0.3) is 0 Å². The number of pyridine rings is 1. The predicted molar refractivity (Wildman–Crippen MR) is 56.7 cm³/mol. The molecule has 1 aromatic rings. The first kappa shape index (κ1) is 10.5. The molecule has 1 atom stereocenters. The van der Waals surface area contributed by atoms with Crippen LogP contribution in [-0.2, 0) is 0 Å². The van der Waals surface area contributed by atoms with Gasteiger partial charge >= 0.3 is 0 Å². The van der Waals surface area contributed by atoms with Crippen LogP contribution in [0.15, 0.2) is 18.3 Å². The maximum atomic E-state index is 13.4. The number of halogens is 1. The molecule has 2 heterocycles. The van der Waals surface area contributed by atoms with E-state index in [2.05, 4.69) is 10.3 Å². The van der Waals surface area contributed by atoms with E-state index in [1.807, 2.05) is 0 Å². The van der Waals surface area contributed by atoms with Crippen LogP contribution in [0.2, 0.25) is 0 Å². The number of nitrogens with zero attached hydrogens (tertiary/aromatic N) is 1. The molecule has 0 unspecified atom stereocenters. The highest BCUT2D eigenvalue weighted by Crippen LogP contribution is 2.27. The Morgan fingerprint density at radius 2 is 2.20 bits per heavy atom. The zero-order valence-corrected chi connectivity index (χ0v) is 8.62. The van der Waals surface area contributed by atoms with Crippen LogP contribution < -0.4 is 11.1 Å². The Kier molecular flexibility index (Phi) is 3.28. The predicted octanol–water partition coefficient (Wildman–Crippen LogP) is 1.22. The van der Waals surface area contributed by atoms with Crippen molar-refractivity contribution in [1.82, 2.24) is 10.3 Å². The second-order valence-electron chi connectivity index (χ2n) is 4.00. The summed E-state index contributed by atoms with van der Waals surface area (Å²) in [4.78, 5) is 3.63. The molecule has 3 N–H and O–H groups in total. The van der Waals surface area contributed by atoms with Crippen molar-refractivity contribution >= 4 is 0 Å². The zero-order chi connectivity index (χ0) is 10.7. The summed E-state index contributed by atoms with van der Waals surface area (Å²) in [6.45, 7) is 1.94. The molecule has 0 aromatic carbocycles. The number of nitrogens with one attached hydrogen (secondary N) is 1. The largest absolute Gasteiger partial charge is 0.324 e. The third kappa shape index (κ3) is 2.33. The van der Waals surface area contributed by atoms with Crippen molar-refractivity contribution in [3.8, 4) is 0 Å². The minimum absolute atomic E-state index is 0.221. The number of hydrogen-bond acceptors (Lipinski definition) is 3. The molecular weight excluding hydrogens is 193 g/mol. The average Bonchev–Trinajstić information content (AvgIpc) is 2.30. The second-order valence-corrected chi connectivity index (χ2v) is 4.00. The summed E-state index contributed by atoms with van der Waals surface area (Å²) >= 11 is 0. The van der Waals surface area contributed by atoms with Gasteiger partial charge in [-0.25, -0.2) is 4.98 Å². The molecule has 4 heteroatoms. The van der Waals surface area contributed by atoms with Crippen molar-refractivity contribution in [1.29, 1.82) is 0 Å². The fourth-order valence-corrected chi connectivity index (χ4v) is 2.10. The molecule has 1 saturated heterocycles. The van der Waals surface area contributed by atoms with Gasteiger partial charge in [0.25, 0.3) is 0 Å². The first-order chi connectivity index (χ1) is 7.29. The van der Waals surface area contributed by atoms with E-state index in [1.54, 1.807) is 12.1 Å². The van der Waals surface area contributed by atoms with Gasteiger partial charge in [0, 0.05) is 17.8 Å². The lowest BCUT2D eigenvalue weighted by molar-refractivity contribution is 0.315. The Morgan fingerprint density at radius 3 is 2.87 bits per heavy atom. The minimum atomic E-state index is -0.427. The number of nitrogens with two attached hydrogens (primary N) is 1. The lowest BCUT2D eigenvalue weighted by Gasteiger charge is -2.28. The monoisotopic (exact) mass is 209 g/mol. The number of piperidine rings is 1. The Balaban J connectivity index is 2.12. The molecule has 1 aliphatic rings. The normalized spacial score (nSPS) is 20.1. The summed E-state index contributed by atoms with van der Waals surface area (Å²) < 4.78 is 13.4. The lowest BCUT2D eigenvalue weighted by Crippen LogP contribution is -2.34. The standard InChI is InChI=1S/C11H16FN3/c12-11-9(2-1-5-15-11)10(13)8-3-6-14-7-4-8/h1-2,5,8,10,14H,3-4,6-7,13H2/t10-/m1/s1. The van der Waals surface area contributed by atoms with Gasteiger partial charge in [0.15, 0.2) is 0 Å². The molecule has 1 aliphatic heterocycles. The van der Waals surface area contributed by atoms with Crippen LogP contribution in [0.4, 0.5) is 4.39 Å². The van der Waals surface area contributed by atoms with Gasteiger partial charge in [-0.2, -0.15) is 4.39 Å². The number of aromatic nitrogens is 1. The van der Waals surface area contributed by atoms with Gasteiger partial charge in [0.1, 0.15) is 0 Å². The third-order valence-electron chi connectivity index (χ3n) is 3.04. The highest BCUT2D eigenvalue weighted by Gasteiger charge is 2.23. The third-order valence-corrected chi connectivity index (χ3v) is 3.04. The maximum Gasteiger partial charge on any atom is 0.217 e. The van der Waals surface area contributed by atoms with E-state index in [-0.39, 0.29) is 6.04 Å². The summed E-state index contributed by atoms with van der Waals surface area (Å²) in [6.07, 6.45) is 3.47. The van der Waals surface area contributed by atoms with Crippen molar-refractivity contribution < 1.29 is 4.39 Å². The van der Waals surface area contributed by atoms with Gasteiger partial charge in [-0.15, -0.1) is 0 Å². The van der Waals surface area contributed by atoms with Crippen molar-refractivity contribution in [2.24, 2.45) is 11.7 Å². The van der Waals surface area contributed by atoms with Crippen LogP contribution in [0.1, 0.15) is 24.4 Å². The first-order valence-corrected chi connectivity index (χ1v) is 5.36. The van der Waals surface area contributed by atoms with Gasteiger partial charge in [-0.1, -0.05) is 6.07 Å². The second kappa shape index (κ2) is 4.68. The molecular formula is C11H16FN3. The molecule has 0 amide bonds. The molecule has 15 heavy (non-hydrogen) atoms. The molecule has 0 radical (unpaired) electrons. The van der Waals surface area contributed by atoms with E-state index in [4.69, 9.17) is 5.73 Å². The van der Waals surface area contributed by atoms with E-state index in [0.29, 0.717) is 11.5 Å². The fraction of sp³-hybridized carbons (Fsp3) is 0.545. The molecule has 0 saturated carbocycles. The highest BCUT2D eigenvalue weighted by atomic mass is 19.1. The molecule has 82 valence electrons. The summed E-state index contributed by atoms with van der Waals surface area (Å²) in [6, 6.07) is 3.25. The van der Waals surface area contributed by atoms with Gasteiger partial charge in [0.2, 0.25) is 5.95 Å². The summed E-state index contributed by atoms with van der Waals surface area (Å²) in [5, 5.41) is 3.27. The zero-order valence-electron chi connectivity index (χ0n) is 8.62. The van der Waals surface area contributed by atoms with Crippen LogP contribution in [0.3, 0.4) is 0 Å². The minimum Gasteiger partial charge on any atom is -0.324 e. The van der Waals surface area contributed by atoms with Crippen LogP contribution in [-0.4, -0.2) is 18.1 Å². The van der Waals surface area contributed by atoms with E-state index in [9.17, 15) is 4.39 Å². The number of hydrogen-bond donors (Lipinski definition) is 2. The van der Waals surface area contributed by atoms with Crippen LogP contribution >= 0.6 is 0 Å². The van der Waals surface area contributed by atoms with E-state index in [1.165, 1.54) is 6.20 Å². The molecule has 2 rings (SSSR count). The summed E-state index contributed by atoms with van der Waals surface area (Å²) in [7, 11) is 0. The molecule has 0 spiro atoms. The molecule has 0 aliphatic carbocycles. The van der Waals surface area contributed by atoms with Crippen LogP contribution in [0.5, 0.6) is 0 Å². The Bertz CT molecular complexity index is 323. The number of rotatable bonds is 2. The summed E-state index contributed by atoms with van der Waals surface area (Å²) in [5.41, 5.74) is 6.61. The Hall–Kier alpha value is -1.00. The lowest BCUT2D eigenvalue weighted by atomic mass is 9.87. The van der Waals surface area contributed by atoms with Gasteiger partial charge in [-0.05, 0) is 37.9 Å². The van der Waals surface area contributed by atoms with Gasteiger partial charge < -0.3 is 11.1 Å². The van der Waals surface area contributed by atoms with Crippen molar-refractivity contribution in [3.05, 3.63) is 29.8 Å². The highest BCUT2D eigenvalue weighted by molar-refractivity contribution is 5.16. The van der Waals surface area contributed by atoms with Crippen molar-refractivity contribution in [3.63, 3.8) is 0 Å². The quantitative estimate of drug-likeness (QED) is 0.720. The van der Waals surface area contributed by atoms with E-state index in [0.717, 1.165) is 25.9 Å². The van der Waals surface area contributed by atoms with Crippen molar-refractivity contribution in [2.45, 2.75) is 18.9 Å². The topological polar surface area (TPSA) is 50.9 Å². The Labute approximate surface area is 88.9 Å². The van der Waals surface area contributed by atoms with E-state index < -0.39 is 5.95 Å². The fourth-order valence-electron chi connectivity index (χ4n) is 2.10. The average molecular weight is 209 g/mol. The van der Waals surface area contributed by atoms with Crippen molar-refractivity contribution in [2.75, 3.05) is 13.1 Å².